The van der Waals surface area contributed by atoms with Crippen molar-refractivity contribution < 1.29 is 14.0 Å². The Bertz CT molecular complexity index is 1290. The van der Waals surface area contributed by atoms with Crippen molar-refractivity contribution in [2.75, 3.05) is 16.0 Å². The molecule has 3 aliphatic rings. The minimum absolute atomic E-state index is 0.0427. The monoisotopic (exact) mass is 492 g/mol. The second-order valence-corrected chi connectivity index (χ2v) is 10.0. The standard InChI is InChI=1S/C25H29FN8O2/c26-18-12-27-10-9-19(18)32-25(36)21-13-28-23-20(29-15-3-4-15)11-22(33-34(21)23)30-16-5-7-17(8-6-16)31-24(35)14-1-2-14/h9-17,29H,1-8H2,(H,30,33)(H,31,35)(H,27,32,36). The Labute approximate surface area is 207 Å². The Morgan fingerprint density at radius 1 is 0.917 bits per heavy atom. The largest absolute Gasteiger partial charge is 0.379 e. The van der Waals surface area contributed by atoms with Gasteiger partial charge in [-0.1, -0.05) is 0 Å². The first-order valence-corrected chi connectivity index (χ1v) is 12.7. The summed E-state index contributed by atoms with van der Waals surface area (Å²) in [5, 5.41) is 17.4. The lowest BCUT2D eigenvalue weighted by molar-refractivity contribution is -0.123. The topological polar surface area (TPSA) is 125 Å². The molecule has 188 valence electrons. The molecule has 2 amide bonds. The van der Waals surface area contributed by atoms with Crippen LogP contribution < -0.4 is 21.3 Å². The zero-order valence-corrected chi connectivity index (χ0v) is 19.8. The van der Waals surface area contributed by atoms with Crippen LogP contribution in [-0.4, -0.2) is 49.5 Å². The number of fused-ring (bicyclic) bond motifs is 1. The highest BCUT2D eigenvalue weighted by Gasteiger charge is 2.32. The lowest BCUT2D eigenvalue weighted by atomic mass is 9.91. The molecule has 3 fully saturated rings. The van der Waals surface area contributed by atoms with Gasteiger partial charge < -0.3 is 21.3 Å². The van der Waals surface area contributed by atoms with Crippen molar-refractivity contribution in [3.63, 3.8) is 0 Å². The van der Waals surface area contributed by atoms with E-state index in [9.17, 15) is 14.0 Å². The van der Waals surface area contributed by atoms with Gasteiger partial charge in [-0.15, -0.1) is 5.10 Å². The maximum Gasteiger partial charge on any atom is 0.276 e. The Balaban J connectivity index is 1.20. The van der Waals surface area contributed by atoms with Crippen LogP contribution in [0.15, 0.2) is 30.7 Å². The lowest BCUT2D eigenvalue weighted by Gasteiger charge is -2.30. The number of aromatic nitrogens is 4. The van der Waals surface area contributed by atoms with Crippen molar-refractivity contribution in [1.82, 2.24) is 24.9 Å². The van der Waals surface area contributed by atoms with Gasteiger partial charge in [0.2, 0.25) is 5.91 Å². The second-order valence-electron chi connectivity index (χ2n) is 10.0. The number of halogens is 1. The van der Waals surface area contributed by atoms with Gasteiger partial charge in [0.15, 0.2) is 17.2 Å². The van der Waals surface area contributed by atoms with Gasteiger partial charge in [0.1, 0.15) is 5.82 Å². The number of pyridine rings is 1. The fourth-order valence-electron chi connectivity index (χ4n) is 4.67. The van der Waals surface area contributed by atoms with Gasteiger partial charge in [0.05, 0.1) is 23.8 Å². The summed E-state index contributed by atoms with van der Waals surface area (Å²) in [6.45, 7) is 0. The smallest absolute Gasteiger partial charge is 0.276 e. The van der Waals surface area contributed by atoms with Crippen LogP contribution in [0.5, 0.6) is 0 Å². The first kappa shape index (κ1) is 22.7. The molecule has 3 aliphatic carbocycles. The summed E-state index contributed by atoms with van der Waals surface area (Å²) in [5.74, 6) is -0.0625. The van der Waals surface area contributed by atoms with Crippen LogP contribution >= 0.6 is 0 Å². The molecule has 11 heteroatoms. The van der Waals surface area contributed by atoms with Crippen LogP contribution in [-0.2, 0) is 4.79 Å². The number of nitrogens with one attached hydrogen (secondary N) is 4. The maximum absolute atomic E-state index is 14.0. The first-order valence-electron chi connectivity index (χ1n) is 12.7. The Kier molecular flexibility index (Phi) is 5.90. The van der Waals surface area contributed by atoms with Crippen molar-refractivity contribution in [3.8, 4) is 0 Å². The molecule has 0 saturated heterocycles. The van der Waals surface area contributed by atoms with Crippen LogP contribution in [0.4, 0.5) is 21.6 Å². The number of amides is 2. The number of hydrogen-bond donors (Lipinski definition) is 4. The molecule has 0 radical (unpaired) electrons. The molecule has 0 unspecified atom stereocenters. The van der Waals surface area contributed by atoms with Gasteiger partial charge in [0.25, 0.3) is 5.91 Å². The molecule has 0 spiro atoms. The lowest BCUT2D eigenvalue weighted by Crippen LogP contribution is -2.40. The average molecular weight is 493 g/mol. The summed E-state index contributed by atoms with van der Waals surface area (Å²) < 4.78 is 15.5. The molecule has 0 aliphatic heterocycles. The molecular formula is C25H29FN8O2. The molecule has 10 nitrogen and oxygen atoms in total. The zero-order valence-electron chi connectivity index (χ0n) is 19.8. The Hall–Kier alpha value is -3.76. The number of nitrogens with zero attached hydrogens (tertiary/aromatic N) is 4. The normalized spacial score (nSPS) is 21.7. The van der Waals surface area contributed by atoms with E-state index in [1.54, 1.807) is 0 Å². The summed E-state index contributed by atoms with van der Waals surface area (Å²) in [5.41, 5.74) is 1.59. The molecule has 3 saturated carbocycles. The van der Waals surface area contributed by atoms with Gasteiger partial charge in [-0.2, -0.15) is 0 Å². The number of carbonyl (C=O) groups is 2. The van der Waals surface area contributed by atoms with Gasteiger partial charge in [-0.25, -0.2) is 13.9 Å². The fraction of sp³-hybridized carbons (Fsp3) is 0.480. The third-order valence-electron chi connectivity index (χ3n) is 7.03. The Morgan fingerprint density at radius 2 is 1.64 bits per heavy atom. The van der Waals surface area contributed by atoms with Crippen LogP contribution in [0.2, 0.25) is 0 Å². The minimum atomic E-state index is -0.616. The van der Waals surface area contributed by atoms with Gasteiger partial charge >= 0.3 is 0 Å². The molecule has 4 N–H and O–H groups in total. The number of hydrogen-bond acceptors (Lipinski definition) is 7. The first-order chi connectivity index (χ1) is 17.5. The molecule has 0 atom stereocenters. The molecular weight excluding hydrogens is 463 g/mol. The third-order valence-corrected chi connectivity index (χ3v) is 7.03. The number of anilines is 3. The van der Waals surface area contributed by atoms with E-state index < -0.39 is 11.7 Å². The van der Waals surface area contributed by atoms with E-state index in [1.807, 2.05) is 6.07 Å². The van der Waals surface area contributed by atoms with Crippen LogP contribution in [0, 0.1) is 11.7 Å². The molecule has 3 heterocycles. The van der Waals surface area contributed by atoms with Gasteiger partial charge in [-0.05, 0) is 57.4 Å². The van der Waals surface area contributed by atoms with Gasteiger partial charge in [0, 0.05) is 36.3 Å². The van der Waals surface area contributed by atoms with E-state index in [1.165, 1.54) is 23.0 Å². The third kappa shape index (κ3) is 4.95. The van der Waals surface area contributed by atoms with E-state index in [0.717, 1.165) is 63.3 Å². The molecule has 3 aromatic rings. The Morgan fingerprint density at radius 3 is 2.36 bits per heavy atom. The summed E-state index contributed by atoms with van der Waals surface area (Å²) >= 11 is 0. The quantitative estimate of drug-likeness (QED) is 0.380. The molecule has 3 aromatic heterocycles. The van der Waals surface area contributed by atoms with Gasteiger partial charge in [-0.3, -0.25) is 14.6 Å². The van der Waals surface area contributed by atoms with E-state index in [2.05, 4.69) is 36.3 Å². The van der Waals surface area contributed by atoms with E-state index >= 15 is 0 Å². The summed E-state index contributed by atoms with van der Waals surface area (Å²) in [7, 11) is 0. The van der Waals surface area contributed by atoms with Crippen LogP contribution in [0.3, 0.4) is 0 Å². The fourth-order valence-corrected chi connectivity index (χ4v) is 4.67. The summed E-state index contributed by atoms with van der Waals surface area (Å²) in [4.78, 5) is 33.2. The SMILES string of the molecule is O=C(Nc1ccncc1F)c1cnc2c(NC3CC3)cc(NC3CCC(NC(=O)C4CC4)CC3)nn12. The van der Waals surface area contributed by atoms with E-state index in [0.29, 0.717) is 17.5 Å². The predicted molar refractivity (Wildman–Crippen MR) is 132 cm³/mol. The molecule has 6 rings (SSSR count). The average Bonchev–Trinajstić information content (AvgIpc) is 3.80. The number of rotatable bonds is 8. The van der Waals surface area contributed by atoms with Crippen LogP contribution in [0.1, 0.15) is 61.9 Å². The summed E-state index contributed by atoms with van der Waals surface area (Å²) in [6.07, 6.45) is 11.8. The van der Waals surface area contributed by atoms with Crippen molar-refractivity contribution >= 4 is 34.7 Å². The van der Waals surface area contributed by atoms with E-state index in [-0.39, 0.29) is 35.3 Å². The van der Waals surface area contributed by atoms with Crippen molar-refractivity contribution in [1.29, 1.82) is 0 Å². The molecule has 0 bridgehead atoms. The molecule has 36 heavy (non-hydrogen) atoms. The molecule has 0 aromatic carbocycles. The second kappa shape index (κ2) is 9.36. The van der Waals surface area contributed by atoms with Crippen molar-refractivity contribution in [2.24, 2.45) is 5.92 Å². The van der Waals surface area contributed by atoms with Crippen LogP contribution in [0.25, 0.3) is 5.65 Å². The number of imidazole rings is 1. The number of carbonyl (C=O) groups excluding carboxylic acids is 2. The maximum atomic E-state index is 14.0. The highest BCUT2D eigenvalue weighted by molar-refractivity contribution is 6.03. The predicted octanol–water partition coefficient (Wildman–Crippen LogP) is 3.34. The van der Waals surface area contributed by atoms with E-state index in [4.69, 9.17) is 0 Å². The zero-order chi connectivity index (χ0) is 24.6. The summed E-state index contributed by atoms with van der Waals surface area (Å²) in [6, 6.07) is 4.17. The minimum Gasteiger partial charge on any atom is -0.379 e. The highest BCUT2D eigenvalue weighted by atomic mass is 19.1. The van der Waals surface area contributed by atoms with Crippen molar-refractivity contribution in [3.05, 3.63) is 42.2 Å². The van der Waals surface area contributed by atoms with Crippen molar-refractivity contribution in [2.45, 2.75) is 69.5 Å². The highest BCUT2D eigenvalue weighted by Crippen LogP contribution is 2.31.